The molecule has 0 unspecified atom stereocenters. The molecule has 1 aliphatic heterocycles. The van der Waals surface area contributed by atoms with Crippen molar-refractivity contribution in [2.24, 2.45) is 0 Å². The molecule has 0 saturated heterocycles. The Labute approximate surface area is 136 Å². The van der Waals surface area contributed by atoms with Crippen LogP contribution in [0, 0.1) is 6.92 Å². The van der Waals surface area contributed by atoms with Crippen molar-refractivity contribution in [3.8, 4) is 0 Å². The summed E-state index contributed by atoms with van der Waals surface area (Å²) in [6, 6.07) is 6.11. The van der Waals surface area contributed by atoms with Crippen LogP contribution in [0.2, 0.25) is 0 Å². The van der Waals surface area contributed by atoms with Gasteiger partial charge in [0.2, 0.25) is 10.0 Å². The van der Waals surface area contributed by atoms with Crippen molar-refractivity contribution in [1.82, 2.24) is 14.1 Å². The largest absolute Gasteiger partial charge is 0.387 e. The van der Waals surface area contributed by atoms with Gasteiger partial charge < -0.3 is 5.11 Å². The molecule has 0 amide bonds. The lowest BCUT2D eigenvalue weighted by Gasteiger charge is -2.37. The summed E-state index contributed by atoms with van der Waals surface area (Å²) in [5.74, 6) is 0. The van der Waals surface area contributed by atoms with Gasteiger partial charge in [-0.2, -0.15) is 9.40 Å². The minimum atomic E-state index is -3.59. The van der Waals surface area contributed by atoms with Crippen molar-refractivity contribution < 1.29 is 13.5 Å². The summed E-state index contributed by atoms with van der Waals surface area (Å²) in [5.41, 5.74) is 2.29. The zero-order chi connectivity index (χ0) is 16.8. The van der Waals surface area contributed by atoms with Crippen LogP contribution in [0.3, 0.4) is 0 Å². The molecule has 7 heteroatoms. The van der Waals surface area contributed by atoms with Gasteiger partial charge in [0.25, 0.3) is 0 Å². The van der Waals surface area contributed by atoms with Gasteiger partial charge >= 0.3 is 0 Å². The zero-order valence-corrected chi connectivity index (χ0v) is 14.3. The third-order valence-electron chi connectivity index (χ3n) is 4.53. The fourth-order valence-electron chi connectivity index (χ4n) is 3.09. The number of hydrogen-bond donors (Lipinski definition) is 1. The van der Waals surface area contributed by atoms with E-state index in [2.05, 4.69) is 5.10 Å². The second-order valence-corrected chi connectivity index (χ2v) is 7.84. The normalized spacial score (nSPS) is 23.7. The second-order valence-electron chi connectivity index (χ2n) is 5.87. The molecule has 1 N–H and O–H groups in total. The number of nitrogens with zero attached hydrogens (tertiary/aromatic N) is 3. The molecule has 0 bridgehead atoms. The number of benzene rings is 1. The van der Waals surface area contributed by atoms with Gasteiger partial charge in [0.05, 0.1) is 22.7 Å². The lowest BCUT2D eigenvalue weighted by atomic mass is 9.96. The number of hydrogen-bond acceptors (Lipinski definition) is 4. The first kappa shape index (κ1) is 16.2. The van der Waals surface area contributed by atoms with E-state index >= 15 is 0 Å². The van der Waals surface area contributed by atoms with Gasteiger partial charge in [0.15, 0.2) is 0 Å². The highest BCUT2D eigenvalue weighted by Gasteiger charge is 2.41. The van der Waals surface area contributed by atoms with Crippen LogP contribution in [-0.4, -0.2) is 40.7 Å². The minimum Gasteiger partial charge on any atom is -0.387 e. The van der Waals surface area contributed by atoms with Gasteiger partial charge in [-0.25, -0.2) is 8.42 Å². The van der Waals surface area contributed by atoms with Gasteiger partial charge in [-0.3, -0.25) is 4.68 Å². The van der Waals surface area contributed by atoms with E-state index in [1.807, 2.05) is 24.7 Å². The van der Waals surface area contributed by atoms with E-state index < -0.39 is 22.2 Å². The Hall–Kier alpha value is -1.70. The number of aromatic nitrogens is 2. The van der Waals surface area contributed by atoms with E-state index in [4.69, 9.17) is 0 Å². The maximum atomic E-state index is 12.7. The number of rotatable bonds is 3. The molecular formula is C16H21N3O3S. The van der Waals surface area contributed by atoms with Crippen LogP contribution in [0.15, 0.2) is 35.4 Å². The smallest absolute Gasteiger partial charge is 0.243 e. The molecule has 0 radical (unpaired) electrons. The Bertz CT molecular complexity index is 829. The Morgan fingerprint density at radius 3 is 2.65 bits per heavy atom. The summed E-state index contributed by atoms with van der Waals surface area (Å²) in [6.07, 6.45) is 1.49. The van der Waals surface area contributed by atoms with Crippen molar-refractivity contribution in [3.05, 3.63) is 47.3 Å². The van der Waals surface area contributed by atoms with Crippen molar-refractivity contribution in [2.75, 3.05) is 7.05 Å². The molecule has 0 spiro atoms. The molecule has 0 saturated carbocycles. The molecule has 3 rings (SSSR count). The highest BCUT2D eigenvalue weighted by Crippen LogP contribution is 2.37. The highest BCUT2D eigenvalue weighted by atomic mass is 32.2. The molecule has 1 aromatic carbocycles. The number of aliphatic hydroxyl groups is 1. The molecular weight excluding hydrogens is 314 g/mol. The Morgan fingerprint density at radius 1 is 1.30 bits per heavy atom. The Kier molecular flexibility index (Phi) is 4.03. The van der Waals surface area contributed by atoms with Crippen molar-refractivity contribution in [2.45, 2.75) is 43.9 Å². The number of aliphatic hydroxyl groups excluding tert-OH is 1. The zero-order valence-electron chi connectivity index (χ0n) is 13.5. The molecule has 1 aromatic heterocycles. The van der Waals surface area contributed by atoms with Gasteiger partial charge in [-0.05, 0) is 31.9 Å². The standard InChI is InChI=1S/C16H21N3O3S/c1-4-19-10-12(11(2)17-19)9-14-16(20)13-7-5-6-8-15(13)23(21,22)18(14)3/h5-8,10,14,16,20H,4,9H2,1-3H3/t14-,16-/m0/s1. The van der Waals surface area contributed by atoms with E-state index in [1.54, 1.807) is 24.3 Å². The third kappa shape index (κ3) is 2.58. The van der Waals surface area contributed by atoms with E-state index in [0.29, 0.717) is 12.0 Å². The lowest BCUT2D eigenvalue weighted by Crippen LogP contribution is -2.46. The number of likely N-dealkylation sites (N-methyl/N-ethyl adjacent to an activating group) is 1. The first-order chi connectivity index (χ1) is 10.9. The molecule has 124 valence electrons. The number of fused-ring (bicyclic) bond motifs is 1. The topological polar surface area (TPSA) is 75.4 Å². The average Bonchev–Trinajstić information content (AvgIpc) is 2.90. The Morgan fingerprint density at radius 2 is 2.00 bits per heavy atom. The second kappa shape index (κ2) is 5.74. The summed E-state index contributed by atoms with van der Waals surface area (Å²) in [6.45, 7) is 4.66. The molecule has 2 heterocycles. The monoisotopic (exact) mass is 335 g/mol. The first-order valence-corrected chi connectivity index (χ1v) is 9.08. The highest BCUT2D eigenvalue weighted by molar-refractivity contribution is 7.89. The third-order valence-corrected chi connectivity index (χ3v) is 6.48. The van der Waals surface area contributed by atoms with Crippen molar-refractivity contribution in [1.29, 1.82) is 0 Å². The van der Waals surface area contributed by atoms with Gasteiger partial charge in [-0.15, -0.1) is 0 Å². The molecule has 23 heavy (non-hydrogen) atoms. The lowest BCUT2D eigenvalue weighted by molar-refractivity contribution is 0.0891. The van der Waals surface area contributed by atoms with E-state index in [0.717, 1.165) is 17.8 Å². The minimum absolute atomic E-state index is 0.187. The number of sulfonamides is 1. The predicted molar refractivity (Wildman–Crippen MR) is 86.5 cm³/mol. The molecule has 0 fully saturated rings. The van der Waals surface area contributed by atoms with Crippen LogP contribution < -0.4 is 0 Å². The van der Waals surface area contributed by atoms with E-state index in [1.165, 1.54) is 11.4 Å². The fourth-order valence-corrected chi connectivity index (χ4v) is 4.68. The van der Waals surface area contributed by atoms with Crippen LogP contribution in [0.4, 0.5) is 0 Å². The van der Waals surface area contributed by atoms with Crippen LogP contribution in [0.1, 0.15) is 29.8 Å². The molecule has 2 atom stereocenters. The summed E-state index contributed by atoms with van der Waals surface area (Å²) in [7, 11) is -2.06. The average molecular weight is 335 g/mol. The van der Waals surface area contributed by atoms with Gasteiger partial charge in [0, 0.05) is 25.4 Å². The van der Waals surface area contributed by atoms with Crippen LogP contribution in [0.25, 0.3) is 0 Å². The first-order valence-electron chi connectivity index (χ1n) is 7.64. The maximum Gasteiger partial charge on any atom is 0.243 e. The summed E-state index contributed by atoms with van der Waals surface area (Å²) in [5, 5.41) is 15.1. The van der Waals surface area contributed by atoms with Gasteiger partial charge in [-0.1, -0.05) is 18.2 Å². The SMILES string of the molecule is CCn1cc(C[C@H]2[C@@H](O)c3ccccc3S(=O)(=O)N2C)c(C)n1. The summed E-state index contributed by atoms with van der Waals surface area (Å²) in [4.78, 5) is 0.187. The Balaban J connectivity index is 2.02. The quantitative estimate of drug-likeness (QED) is 0.922. The van der Waals surface area contributed by atoms with E-state index in [-0.39, 0.29) is 4.90 Å². The fraction of sp³-hybridized carbons (Fsp3) is 0.438. The van der Waals surface area contributed by atoms with Crippen molar-refractivity contribution in [3.63, 3.8) is 0 Å². The van der Waals surface area contributed by atoms with Gasteiger partial charge in [0.1, 0.15) is 0 Å². The molecule has 2 aromatic rings. The van der Waals surface area contributed by atoms with Crippen LogP contribution in [-0.2, 0) is 23.0 Å². The summed E-state index contributed by atoms with van der Waals surface area (Å²) >= 11 is 0. The predicted octanol–water partition coefficient (Wildman–Crippen LogP) is 1.49. The van der Waals surface area contributed by atoms with Crippen LogP contribution >= 0.6 is 0 Å². The van der Waals surface area contributed by atoms with E-state index in [9.17, 15) is 13.5 Å². The number of aryl methyl sites for hydroxylation is 2. The summed E-state index contributed by atoms with van der Waals surface area (Å²) < 4.78 is 28.5. The molecule has 1 aliphatic rings. The molecule has 0 aliphatic carbocycles. The van der Waals surface area contributed by atoms with Crippen LogP contribution in [0.5, 0.6) is 0 Å². The maximum absolute atomic E-state index is 12.7. The molecule has 6 nitrogen and oxygen atoms in total. The van der Waals surface area contributed by atoms with Crippen molar-refractivity contribution >= 4 is 10.0 Å².